The van der Waals surface area contributed by atoms with Crippen molar-refractivity contribution in [2.24, 2.45) is 0 Å². The molecule has 2 aromatic rings. The fraction of sp³-hybridized carbons (Fsp3) is 0.188. The molecule has 0 saturated carbocycles. The molecular formula is C16H15FINO2. The second-order valence-electron chi connectivity index (χ2n) is 4.42. The zero-order valence-electron chi connectivity index (χ0n) is 11.5. The average molecular weight is 399 g/mol. The summed E-state index contributed by atoms with van der Waals surface area (Å²) in [7, 11) is 0. The molecule has 110 valence electrons. The smallest absolute Gasteiger partial charge is 0.222 e. The predicted molar refractivity (Wildman–Crippen MR) is 87.4 cm³/mol. The second-order valence-corrected chi connectivity index (χ2v) is 5.67. The Hall–Kier alpha value is -1.63. The van der Waals surface area contributed by atoms with Crippen molar-refractivity contribution >= 4 is 28.5 Å². The Morgan fingerprint density at radius 1 is 1.19 bits per heavy atom. The topological polar surface area (TPSA) is 38.3 Å². The monoisotopic (exact) mass is 399 g/mol. The van der Waals surface area contributed by atoms with Crippen LogP contribution in [0.25, 0.3) is 0 Å². The van der Waals surface area contributed by atoms with Crippen molar-refractivity contribution in [1.82, 2.24) is 5.32 Å². The molecule has 0 aliphatic heterocycles. The first-order chi connectivity index (χ1) is 10.1. The van der Waals surface area contributed by atoms with E-state index >= 15 is 0 Å². The summed E-state index contributed by atoms with van der Waals surface area (Å²) in [4.78, 5) is 11.7. The van der Waals surface area contributed by atoms with E-state index in [4.69, 9.17) is 4.74 Å². The molecular weight excluding hydrogens is 384 g/mol. The van der Waals surface area contributed by atoms with Crippen molar-refractivity contribution in [1.29, 1.82) is 0 Å². The van der Waals surface area contributed by atoms with Gasteiger partial charge in [-0.1, -0.05) is 19.1 Å². The van der Waals surface area contributed by atoms with Crippen molar-refractivity contribution in [2.45, 2.75) is 19.6 Å². The molecule has 0 aliphatic carbocycles. The Balaban J connectivity index is 2.20. The van der Waals surface area contributed by atoms with Gasteiger partial charge in [-0.05, 0) is 59.0 Å². The van der Waals surface area contributed by atoms with Gasteiger partial charge >= 0.3 is 0 Å². The molecule has 2 rings (SSSR count). The van der Waals surface area contributed by atoms with Gasteiger partial charge in [-0.3, -0.25) is 4.79 Å². The van der Waals surface area contributed by atoms with Crippen LogP contribution in [-0.2, 0) is 4.79 Å². The molecule has 0 spiro atoms. The largest absolute Gasteiger partial charge is 0.466 e. The fourth-order valence-corrected chi connectivity index (χ4v) is 2.08. The lowest BCUT2D eigenvalue weighted by Gasteiger charge is -2.20. The van der Waals surface area contributed by atoms with Crippen molar-refractivity contribution in [2.75, 3.05) is 0 Å². The highest BCUT2D eigenvalue weighted by Gasteiger charge is 2.15. The Bertz CT molecular complexity index is 599. The molecule has 3 nitrogen and oxygen atoms in total. The van der Waals surface area contributed by atoms with Crippen molar-refractivity contribution in [3.8, 4) is 5.75 Å². The van der Waals surface area contributed by atoms with E-state index < -0.39 is 6.23 Å². The molecule has 1 atom stereocenters. The van der Waals surface area contributed by atoms with Gasteiger partial charge in [0, 0.05) is 15.6 Å². The van der Waals surface area contributed by atoms with E-state index in [0.29, 0.717) is 12.2 Å². The maximum Gasteiger partial charge on any atom is 0.222 e. The molecule has 0 saturated heterocycles. The van der Waals surface area contributed by atoms with Gasteiger partial charge in [0.1, 0.15) is 11.6 Å². The molecule has 0 aliphatic rings. The molecule has 2 aromatic carbocycles. The highest BCUT2D eigenvalue weighted by atomic mass is 127. The van der Waals surface area contributed by atoms with E-state index in [2.05, 4.69) is 27.9 Å². The Labute approximate surface area is 136 Å². The predicted octanol–water partition coefficient (Wildman–Crippen LogP) is 4.03. The Morgan fingerprint density at radius 2 is 1.81 bits per heavy atom. The van der Waals surface area contributed by atoms with Crippen LogP contribution in [-0.4, -0.2) is 5.91 Å². The van der Waals surface area contributed by atoms with Crippen molar-refractivity contribution < 1.29 is 13.9 Å². The van der Waals surface area contributed by atoms with Gasteiger partial charge in [0.25, 0.3) is 0 Å². The summed E-state index contributed by atoms with van der Waals surface area (Å²) >= 11 is 2.21. The molecule has 1 amide bonds. The lowest BCUT2D eigenvalue weighted by Crippen LogP contribution is -2.31. The summed E-state index contributed by atoms with van der Waals surface area (Å²) in [6, 6.07) is 13.4. The van der Waals surface area contributed by atoms with Crippen LogP contribution in [0.15, 0.2) is 48.5 Å². The first-order valence-corrected chi connectivity index (χ1v) is 7.63. The number of rotatable bonds is 5. The van der Waals surface area contributed by atoms with E-state index in [-0.39, 0.29) is 11.7 Å². The minimum atomic E-state index is -0.597. The third-order valence-corrected chi connectivity index (χ3v) is 3.57. The number of carbonyl (C=O) groups is 1. The van der Waals surface area contributed by atoms with Gasteiger partial charge in [0.05, 0.1) is 0 Å². The summed E-state index contributed by atoms with van der Waals surface area (Å²) in [5.41, 5.74) is 0.835. The van der Waals surface area contributed by atoms with E-state index in [1.165, 1.54) is 24.3 Å². The van der Waals surface area contributed by atoms with Gasteiger partial charge < -0.3 is 10.1 Å². The fourth-order valence-electron chi connectivity index (χ4n) is 1.72. The lowest BCUT2D eigenvalue weighted by molar-refractivity contribution is -0.123. The number of halogens is 2. The standard InChI is InChI=1S/C16H15FINO2/c1-2-15(20)19-16(11-3-7-13(18)8-4-11)21-14-9-5-12(17)6-10-14/h3-10,16H,2H2,1H3,(H,19,20). The summed E-state index contributed by atoms with van der Waals surface area (Å²) in [5.74, 6) is 0.0581. The zero-order chi connectivity index (χ0) is 15.2. The molecule has 1 unspecified atom stereocenters. The number of carbonyl (C=O) groups excluding carboxylic acids is 1. The first-order valence-electron chi connectivity index (χ1n) is 6.55. The van der Waals surface area contributed by atoms with Crippen LogP contribution in [0.2, 0.25) is 0 Å². The summed E-state index contributed by atoms with van der Waals surface area (Å²) in [6.45, 7) is 1.78. The number of amides is 1. The second kappa shape index (κ2) is 7.40. The first kappa shape index (κ1) is 15.8. The molecule has 0 aromatic heterocycles. The molecule has 5 heteroatoms. The van der Waals surface area contributed by atoms with Gasteiger partial charge in [-0.25, -0.2) is 4.39 Å². The highest BCUT2D eigenvalue weighted by molar-refractivity contribution is 14.1. The maximum absolute atomic E-state index is 12.9. The minimum absolute atomic E-state index is 0.110. The van der Waals surface area contributed by atoms with Crippen LogP contribution < -0.4 is 10.1 Å². The van der Waals surface area contributed by atoms with E-state index in [1.54, 1.807) is 6.92 Å². The van der Waals surface area contributed by atoms with Gasteiger partial charge in [0.2, 0.25) is 5.91 Å². The number of benzene rings is 2. The van der Waals surface area contributed by atoms with E-state index in [9.17, 15) is 9.18 Å². The molecule has 0 heterocycles. The summed E-state index contributed by atoms with van der Waals surface area (Å²) in [6.07, 6.45) is -0.229. The van der Waals surface area contributed by atoms with Crippen LogP contribution in [0.4, 0.5) is 4.39 Å². The summed E-state index contributed by atoms with van der Waals surface area (Å²) < 4.78 is 19.8. The quantitative estimate of drug-likeness (QED) is 0.609. The Morgan fingerprint density at radius 3 is 2.38 bits per heavy atom. The summed E-state index contributed by atoms with van der Waals surface area (Å²) in [5, 5.41) is 2.81. The minimum Gasteiger partial charge on any atom is -0.466 e. The van der Waals surface area contributed by atoms with Gasteiger partial charge in [-0.2, -0.15) is 0 Å². The Kier molecular flexibility index (Phi) is 5.55. The number of ether oxygens (including phenoxy) is 1. The van der Waals surface area contributed by atoms with Crippen molar-refractivity contribution in [3.05, 3.63) is 63.5 Å². The number of hydrogen-bond donors (Lipinski definition) is 1. The molecule has 0 fully saturated rings. The van der Waals surface area contributed by atoms with Crippen LogP contribution in [0, 0.1) is 9.39 Å². The van der Waals surface area contributed by atoms with Crippen LogP contribution in [0.3, 0.4) is 0 Å². The lowest BCUT2D eigenvalue weighted by atomic mass is 10.2. The van der Waals surface area contributed by atoms with Crippen LogP contribution in [0.1, 0.15) is 25.1 Å². The number of nitrogens with one attached hydrogen (secondary N) is 1. The van der Waals surface area contributed by atoms with E-state index in [1.807, 2.05) is 24.3 Å². The van der Waals surface area contributed by atoms with Crippen LogP contribution in [0.5, 0.6) is 5.75 Å². The molecule has 21 heavy (non-hydrogen) atoms. The third kappa shape index (κ3) is 4.70. The molecule has 1 N–H and O–H groups in total. The van der Waals surface area contributed by atoms with Gasteiger partial charge in [0.15, 0.2) is 6.23 Å². The number of hydrogen-bond acceptors (Lipinski definition) is 2. The van der Waals surface area contributed by atoms with E-state index in [0.717, 1.165) is 9.13 Å². The van der Waals surface area contributed by atoms with Crippen LogP contribution >= 0.6 is 22.6 Å². The maximum atomic E-state index is 12.9. The third-order valence-electron chi connectivity index (χ3n) is 2.85. The zero-order valence-corrected chi connectivity index (χ0v) is 13.6. The molecule has 0 radical (unpaired) electrons. The SMILES string of the molecule is CCC(=O)NC(Oc1ccc(F)cc1)c1ccc(I)cc1. The highest BCUT2D eigenvalue weighted by Crippen LogP contribution is 2.21. The molecule has 0 bridgehead atoms. The average Bonchev–Trinajstić information content (AvgIpc) is 2.49. The normalized spacial score (nSPS) is 11.8. The van der Waals surface area contributed by atoms with Gasteiger partial charge in [-0.15, -0.1) is 0 Å². The van der Waals surface area contributed by atoms with Crippen molar-refractivity contribution in [3.63, 3.8) is 0 Å².